The molecule has 0 aromatic heterocycles. The summed E-state index contributed by atoms with van der Waals surface area (Å²) in [5.74, 6) is 0.133. The van der Waals surface area contributed by atoms with Gasteiger partial charge in [0.15, 0.2) is 0 Å². The number of aliphatic imine (C=N–C) groups is 1. The van der Waals surface area contributed by atoms with Crippen LogP contribution in [0.4, 0.5) is 0 Å². The van der Waals surface area contributed by atoms with Gasteiger partial charge in [-0.25, -0.2) is 0 Å². The second-order valence-corrected chi connectivity index (χ2v) is 7.66. The number of carbonyl (C=O) groups excluding carboxylic acids is 1. The van der Waals surface area contributed by atoms with Crippen molar-refractivity contribution in [3.05, 3.63) is 71.5 Å². The standard InChI is InChI=1S/C16H11Br2NO/c17-16(18)15(20)14-13-8-11(6-7-12(13)9-19-14)10-4-2-1-3-5-10/h1-9,11,16H. The lowest BCUT2D eigenvalue weighted by Gasteiger charge is -2.16. The molecule has 1 aliphatic carbocycles. The number of nitrogens with zero attached hydrogens (tertiary/aromatic N) is 1. The van der Waals surface area contributed by atoms with Gasteiger partial charge in [-0.15, -0.1) is 0 Å². The molecule has 0 spiro atoms. The highest BCUT2D eigenvalue weighted by Gasteiger charge is 2.28. The van der Waals surface area contributed by atoms with Crippen LogP contribution >= 0.6 is 31.9 Å². The van der Waals surface area contributed by atoms with Crippen LogP contribution in [0.5, 0.6) is 0 Å². The average Bonchev–Trinajstić information content (AvgIpc) is 2.90. The zero-order valence-electron chi connectivity index (χ0n) is 10.5. The van der Waals surface area contributed by atoms with Crippen LogP contribution in [0.25, 0.3) is 0 Å². The van der Waals surface area contributed by atoms with Gasteiger partial charge in [0.05, 0.1) is 0 Å². The quantitative estimate of drug-likeness (QED) is 0.705. The van der Waals surface area contributed by atoms with Crippen LogP contribution in [0.3, 0.4) is 0 Å². The Hall–Kier alpha value is -1.26. The summed E-state index contributed by atoms with van der Waals surface area (Å²) in [6.45, 7) is 0. The van der Waals surface area contributed by atoms with Crippen molar-refractivity contribution in [3.63, 3.8) is 0 Å². The molecule has 0 bridgehead atoms. The molecule has 1 aliphatic heterocycles. The Labute approximate surface area is 134 Å². The Bertz CT molecular complexity index is 669. The van der Waals surface area contributed by atoms with Crippen molar-refractivity contribution < 1.29 is 4.79 Å². The summed E-state index contributed by atoms with van der Waals surface area (Å²) in [7, 11) is 0. The molecule has 2 aliphatic rings. The first kappa shape index (κ1) is 13.7. The minimum Gasteiger partial charge on any atom is -0.290 e. The monoisotopic (exact) mass is 391 g/mol. The van der Waals surface area contributed by atoms with E-state index in [0.717, 1.165) is 11.1 Å². The predicted octanol–water partition coefficient (Wildman–Crippen LogP) is 4.29. The van der Waals surface area contributed by atoms with Gasteiger partial charge in [0.25, 0.3) is 0 Å². The Balaban J connectivity index is 1.94. The molecule has 1 aromatic carbocycles. The summed E-state index contributed by atoms with van der Waals surface area (Å²) in [5, 5.41) is 0. The summed E-state index contributed by atoms with van der Waals surface area (Å²) in [6.07, 6.45) is 8.02. The van der Waals surface area contributed by atoms with E-state index in [1.165, 1.54) is 5.56 Å². The second kappa shape index (κ2) is 5.62. The molecule has 0 saturated carbocycles. The highest BCUT2D eigenvalue weighted by molar-refractivity contribution is 9.25. The number of fused-ring (bicyclic) bond motifs is 1. The minimum absolute atomic E-state index is 0.0513. The fraction of sp³-hybridized carbons (Fsp3) is 0.125. The van der Waals surface area contributed by atoms with Crippen molar-refractivity contribution >= 4 is 43.4 Å². The smallest absolute Gasteiger partial charge is 0.206 e. The van der Waals surface area contributed by atoms with E-state index in [-0.39, 0.29) is 11.7 Å². The number of halogens is 2. The zero-order chi connectivity index (χ0) is 14.1. The number of hydrogen-bond donors (Lipinski definition) is 0. The SMILES string of the molecule is O=C(C1=NC=C2C=CC(c3ccccc3)C=C21)C(Br)Br. The van der Waals surface area contributed by atoms with Gasteiger partial charge in [0, 0.05) is 23.3 Å². The molecular weight excluding hydrogens is 382 g/mol. The minimum atomic E-state index is -0.400. The van der Waals surface area contributed by atoms with Crippen LogP contribution < -0.4 is 0 Å². The Morgan fingerprint density at radius 2 is 1.95 bits per heavy atom. The number of benzene rings is 1. The first-order valence-electron chi connectivity index (χ1n) is 6.23. The molecule has 1 heterocycles. The third kappa shape index (κ3) is 2.50. The van der Waals surface area contributed by atoms with E-state index in [9.17, 15) is 4.79 Å². The fourth-order valence-electron chi connectivity index (χ4n) is 2.34. The number of carbonyl (C=O) groups is 1. The average molecular weight is 393 g/mol. The molecule has 0 N–H and O–H groups in total. The predicted molar refractivity (Wildman–Crippen MR) is 88.6 cm³/mol. The van der Waals surface area contributed by atoms with Crippen LogP contribution in [0.15, 0.2) is 70.9 Å². The van der Waals surface area contributed by atoms with Gasteiger partial charge < -0.3 is 0 Å². The maximum Gasteiger partial charge on any atom is 0.206 e. The van der Waals surface area contributed by atoms with Crippen molar-refractivity contribution in [3.8, 4) is 0 Å². The highest BCUT2D eigenvalue weighted by atomic mass is 79.9. The van der Waals surface area contributed by atoms with E-state index in [1.54, 1.807) is 6.20 Å². The van der Waals surface area contributed by atoms with E-state index in [0.29, 0.717) is 5.71 Å². The van der Waals surface area contributed by atoms with Gasteiger partial charge in [0.2, 0.25) is 5.78 Å². The summed E-state index contributed by atoms with van der Waals surface area (Å²) in [4.78, 5) is 16.4. The van der Waals surface area contributed by atoms with Crippen LogP contribution in [-0.2, 0) is 4.79 Å². The summed E-state index contributed by atoms with van der Waals surface area (Å²) >= 11 is 6.49. The molecular formula is C16H11Br2NO. The van der Waals surface area contributed by atoms with Crippen molar-refractivity contribution in [2.24, 2.45) is 4.99 Å². The van der Waals surface area contributed by atoms with Crippen LogP contribution in [-0.4, -0.2) is 15.2 Å². The van der Waals surface area contributed by atoms with Gasteiger partial charge in [0.1, 0.15) is 9.45 Å². The first-order chi connectivity index (χ1) is 9.66. The van der Waals surface area contributed by atoms with Gasteiger partial charge in [-0.05, 0) is 5.56 Å². The number of hydrogen-bond acceptors (Lipinski definition) is 2. The Morgan fingerprint density at radius 1 is 1.20 bits per heavy atom. The number of allylic oxidation sites excluding steroid dienone is 5. The first-order valence-corrected chi connectivity index (χ1v) is 8.06. The summed E-state index contributed by atoms with van der Waals surface area (Å²) in [6, 6.07) is 10.2. The molecule has 0 amide bonds. The molecule has 1 unspecified atom stereocenters. The number of Topliss-reactive ketones (excluding diaryl/α,β-unsaturated/α-hetero) is 1. The molecule has 1 aromatic rings. The fourth-order valence-corrected chi connectivity index (χ4v) is 2.78. The molecule has 4 heteroatoms. The van der Waals surface area contributed by atoms with E-state index < -0.39 is 3.74 Å². The van der Waals surface area contributed by atoms with Gasteiger partial charge in [-0.2, -0.15) is 0 Å². The van der Waals surface area contributed by atoms with Gasteiger partial charge in [-0.3, -0.25) is 9.79 Å². The maximum atomic E-state index is 12.1. The highest BCUT2D eigenvalue weighted by Crippen LogP contribution is 2.33. The molecule has 100 valence electrons. The van der Waals surface area contributed by atoms with Crippen LogP contribution in [0.2, 0.25) is 0 Å². The lowest BCUT2D eigenvalue weighted by molar-refractivity contribution is -0.111. The molecule has 20 heavy (non-hydrogen) atoms. The lowest BCUT2D eigenvalue weighted by atomic mass is 9.87. The van der Waals surface area contributed by atoms with Gasteiger partial charge >= 0.3 is 0 Å². The summed E-state index contributed by atoms with van der Waals surface area (Å²) < 4.78 is -0.400. The normalized spacial score (nSPS) is 20.4. The van der Waals surface area contributed by atoms with Crippen molar-refractivity contribution in [1.82, 2.24) is 0 Å². The number of ketones is 1. The Morgan fingerprint density at radius 3 is 2.65 bits per heavy atom. The number of rotatable bonds is 3. The van der Waals surface area contributed by atoms with E-state index in [1.807, 2.05) is 24.3 Å². The number of alkyl halides is 2. The second-order valence-electron chi connectivity index (χ2n) is 4.60. The van der Waals surface area contributed by atoms with Crippen molar-refractivity contribution in [2.75, 3.05) is 0 Å². The van der Waals surface area contributed by atoms with Crippen molar-refractivity contribution in [1.29, 1.82) is 0 Å². The maximum absolute atomic E-state index is 12.1. The van der Waals surface area contributed by atoms with Crippen LogP contribution in [0.1, 0.15) is 11.5 Å². The lowest BCUT2D eigenvalue weighted by Crippen LogP contribution is -2.21. The largest absolute Gasteiger partial charge is 0.290 e. The van der Waals surface area contributed by atoms with Gasteiger partial charge in [-0.1, -0.05) is 80.4 Å². The Kier molecular flexibility index (Phi) is 3.85. The topological polar surface area (TPSA) is 29.4 Å². The molecule has 0 fully saturated rings. The van der Waals surface area contributed by atoms with Crippen molar-refractivity contribution in [2.45, 2.75) is 9.65 Å². The summed E-state index contributed by atoms with van der Waals surface area (Å²) in [5.41, 5.74) is 3.66. The third-order valence-electron chi connectivity index (χ3n) is 3.34. The molecule has 1 atom stereocenters. The molecule has 0 radical (unpaired) electrons. The third-order valence-corrected chi connectivity index (χ3v) is 4.18. The van der Waals surface area contributed by atoms with Crippen LogP contribution in [0, 0.1) is 0 Å². The molecule has 2 nitrogen and oxygen atoms in total. The zero-order valence-corrected chi connectivity index (χ0v) is 13.6. The molecule has 0 saturated heterocycles. The molecule has 3 rings (SSSR count). The van der Waals surface area contributed by atoms with E-state index in [4.69, 9.17) is 0 Å². The van der Waals surface area contributed by atoms with E-state index in [2.05, 4.69) is 61.1 Å². The van der Waals surface area contributed by atoms with E-state index >= 15 is 0 Å².